The van der Waals surface area contributed by atoms with Crippen molar-refractivity contribution in [2.24, 2.45) is 0 Å². The van der Waals surface area contributed by atoms with E-state index >= 15 is 0 Å². The largest absolute Gasteiger partial charge is 0.459 e. The molecule has 6 nitrogen and oxygen atoms in total. The average molecular weight is 362 g/mol. The number of anilines is 1. The monoisotopic (exact) mass is 361 g/mol. The Kier molecular flexibility index (Phi) is 5.28. The van der Waals surface area contributed by atoms with Crippen LogP contribution >= 0.6 is 11.6 Å². The van der Waals surface area contributed by atoms with E-state index in [4.69, 9.17) is 16.0 Å². The Balaban J connectivity index is 1.49. The molecule has 1 aromatic carbocycles. The van der Waals surface area contributed by atoms with Gasteiger partial charge in [0.2, 0.25) is 5.91 Å². The molecule has 0 aliphatic carbocycles. The normalized spacial score (nSPS) is 14.5. The van der Waals surface area contributed by atoms with Crippen molar-refractivity contribution in [3.63, 3.8) is 0 Å². The number of rotatable bonds is 4. The molecule has 1 N–H and O–H groups in total. The van der Waals surface area contributed by atoms with Crippen LogP contribution in [-0.2, 0) is 4.79 Å². The molecule has 1 aliphatic rings. The molecule has 0 bridgehead atoms. The van der Waals surface area contributed by atoms with Crippen LogP contribution in [0.5, 0.6) is 0 Å². The number of amides is 2. The number of furan rings is 1. The van der Waals surface area contributed by atoms with Crippen LogP contribution in [0.25, 0.3) is 0 Å². The lowest BCUT2D eigenvalue weighted by atomic mass is 10.2. The maximum atomic E-state index is 12.4. The third-order valence-corrected chi connectivity index (χ3v) is 4.51. The molecule has 25 heavy (non-hydrogen) atoms. The summed E-state index contributed by atoms with van der Waals surface area (Å²) in [6.45, 7) is 4.21. The first-order valence-electron chi connectivity index (χ1n) is 8.15. The molecule has 1 saturated heterocycles. The van der Waals surface area contributed by atoms with E-state index in [0.717, 1.165) is 11.3 Å². The molecule has 0 unspecified atom stereocenters. The highest BCUT2D eigenvalue weighted by Crippen LogP contribution is 2.19. The van der Waals surface area contributed by atoms with Gasteiger partial charge in [-0.15, -0.1) is 0 Å². The van der Waals surface area contributed by atoms with E-state index in [-0.39, 0.29) is 18.4 Å². The second kappa shape index (κ2) is 7.61. The average Bonchev–Trinajstić information content (AvgIpc) is 3.15. The third kappa shape index (κ3) is 4.14. The van der Waals surface area contributed by atoms with E-state index in [1.54, 1.807) is 28.0 Å². The number of carbonyl (C=O) groups is 2. The van der Waals surface area contributed by atoms with E-state index in [9.17, 15) is 9.59 Å². The Hall–Kier alpha value is -2.47. The first-order valence-corrected chi connectivity index (χ1v) is 8.53. The molecule has 2 aromatic rings. The molecule has 0 spiro atoms. The standard InChI is InChI=1S/C18H20ClN3O3/c1-13-11-14(19)4-5-15(13)20-12-17(23)21-6-8-22(9-7-21)18(24)16-3-2-10-25-16/h2-5,10-11,20H,6-9,12H2,1H3. The van der Waals surface area contributed by atoms with Crippen molar-refractivity contribution in [3.05, 3.63) is 52.9 Å². The molecule has 7 heteroatoms. The first kappa shape index (κ1) is 17.4. The number of nitrogens with one attached hydrogen (secondary N) is 1. The number of halogens is 1. The Morgan fingerprint density at radius 1 is 1.16 bits per heavy atom. The maximum Gasteiger partial charge on any atom is 0.289 e. The van der Waals surface area contributed by atoms with Gasteiger partial charge in [-0.05, 0) is 42.8 Å². The SMILES string of the molecule is Cc1cc(Cl)ccc1NCC(=O)N1CCN(C(=O)c2ccco2)CC1. The van der Waals surface area contributed by atoms with Crippen molar-refractivity contribution in [2.75, 3.05) is 38.0 Å². The van der Waals surface area contributed by atoms with Crippen LogP contribution < -0.4 is 5.32 Å². The van der Waals surface area contributed by atoms with Crippen LogP contribution in [0.15, 0.2) is 41.0 Å². The second-order valence-corrected chi connectivity index (χ2v) is 6.40. The van der Waals surface area contributed by atoms with Gasteiger partial charge in [0.05, 0.1) is 12.8 Å². The van der Waals surface area contributed by atoms with Crippen LogP contribution in [0.1, 0.15) is 16.1 Å². The van der Waals surface area contributed by atoms with Crippen LogP contribution in [0.2, 0.25) is 5.02 Å². The van der Waals surface area contributed by atoms with Crippen LogP contribution in [-0.4, -0.2) is 54.3 Å². The molecule has 0 saturated carbocycles. The van der Waals surface area contributed by atoms with Crippen molar-refractivity contribution in [2.45, 2.75) is 6.92 Å². The molecule has 1 aromatic heterocycles. The predicted octanol–water partition coefficient (Wildman–Crippen LogP) is 2.64. The van der Waals surface area contributed by atoms with E-state index < -0.39 is 0 Å². The van der Waals surface area contributed by atoms with E-state index in [0.29, 0.717) is 37.0 Å². The van der Waals surface area contributed by atoms with Gasteiger partial charge in [-0.1, -0.05) is 11.6 Å². The zero-order chi connectivity index (χ0) is 17.8. The summed E-state index contributed by atoms with van der Waals surface area (Å²) in [7, 11) is 0. The molecule has 0 radical (unpaired) electrons. The van der Waals surface area contributed by atoms with Gasteiger partial charge < -0.3 is 19.5 Å². The van der Waals surface area contributed by atoms with Gasteiger partial charge in [-0.3, -0.25) is 9.59 Å². The van der Waals surface area contributed by atoms with E-state index in [2.05, 4.69) is 5.32 Å². The van der Waals surface area contributed by atoms with Crippen molar-refractivity contribution in [1.29, 1.82) is 0 Å². The first-order chi connectivity index (χ1) is 12.0. The minimum Gasteiger partial charge on any atom is -0.459 e. The number of nitrogens with zero attached hydrogens (tertiary/aromatic N) is 2. The van der Waals surface area contributed by atoms with Crippen LogP contribution in [0, 0.1) is 6.92 Å². The summed E-state index contributed by atoms with van der Waals surface area (Å²) in [5, 5.41) is 3.82. The molecule has 1 aliphatic heterocycles. The van der Waals surface area contributed by atoms with Gasteiger partial charge in [-0.2, -0.15) is 0 Å². The lowest BCUT2D eigenvalue weighted by molar-refractivity contribution is -0.130. The smallest absolute Gasteiger partial charge is 0.289 e. The summed E-state index contributed by atoms with van der Waals surface area (Å²) in [4.78, 5) is 28.1. The summed E-state index contributed by atoms with van der Waals surface area (Å²) in [5.74, 6) is 0.214. The van der Waals surface area contributed by atoms with Crippen molar-refractivity contribution in [1.82, 2.24) is 9.80 Å². The van der Waals surface area contributed by atoms with Gasteiger partial charge in [0, 0.05) is 36.9 Å². The quantitative estimate of drug-likeness (QED) is 0.909. The summed E-state index contributed by atoms with van der Waals surface area (Å²) >= 11 is 5.94. The summed E-state index contributed by atoms with van der Waals surface area (Å²) < 4.78 is 5.14. The molecule has 0 atom stereocenters. The highest BCUT2D eigenvalue weighted by atomic mass is 35.5. The van der Waals surface area contributed by atoms with Gasteiger partial charge in [0.1, 0.15) is 0 Å². The Morgan fingerprint density at radius 2 is 1.88 bits per heavy atom. The number of hydrogen-bond acceptors (Lipinski definition) is 4. The number of aryl methyl sites for hydroxylation is 1. The van der Waals surface area contributed by atoms with Gasteiger partial charge in [-0.25, -0.2) is 0 Å². The summed E-state index contributed by atoms with van der Waals surface area (Å²) in [6.07, 6.45) is 1.48. The highest BCUT2D eigenvalue weighted by Gasteiger charge is 2.25. The van der Waals surface area contributed by atoms with Crippen LogP contribution in [0.3, 0.4) is 0 Å². The predicted molar refractivity (Wildman–Crippen MR) is 95.9 cm³/mol. The fourth-order valence-electron chi connectivity index (χ4n) is 2.82. The fourth-order valence-corrected chi connectivity index (χ4v) is 3.05. The maximum absolute atomic E-state index is 12.4. The van der Waals surface area contributed by atoms with Crippen LogP contribution in [0.4, 0.5) is 5.69 Å². The lowest BCUT2D eigenvalue weighted by Crippen LogP contribution is -2.51. The lowest BCUT2D eigenvalue weighted by Gasteiger charge is -2.34. The molecule has 3 rings (SSSR count). The van der Waals surface area contributed by atoms with Crippen molar-refractivity contribution >= 4 is 29.1 Å². The molecule has 2 amide bonds. The second-order valence-electron chi connectivity index (χ2n) is 5.96. The van der Waals surface area contributed by atoms with Gasteiger partial charge >= 0.3 is 0 Å². The Labute approximate surface area is 151 Å². The zero-order valence-corrected chi connectivity index (χ0v) is 14.8. The van der Waals surface area contributed by atoms with Crippen molar-refractivity contribution < 1.29 is 14.0 Å². The molecule has 1 fully saturated rings. The molecule has 2 heterocycles. The minimum atomic E-state index is -0.132. The molecule has 132 valence electrons. The number of carbonyl (C=O) groups excluding carboxylic acids is 2. The molecular formula is C18H20ClN3O3. The highest BCUT2D eigenvalue weighted by molar-refractivity contribution is 6.30. The number of benzene rings is 1. The van der Waals surface area contributed by atoms with Gasteiger partial charge in [0.15, 0.2) is 5.76 Å². The van der Waals surface area contributed by atoms with E-state index in [1.165, 1.54) is 6.26 Å². The van der Waals surface area contributed by atoms with E-state index in [1.807, 2.05) is 19.1 Å². The number of hydrogen-bond donors (Lipinski definition) is 1. The summed E-state index contributed by atoms with van der Waals surface area (Å²) in [5.41, 5.74) is 1.89. The zero-order valence-electron chi connectivity index (χ0n) is 14.0. The fraction of sp³-hybridized carbons (Fsp3) is 0.333. The van der Waals surface area contributed by atoms with Crippen molar-refractivity contribution in [3.8, 4) is 0 Å². The topological polar surface area (TPSA) is 65.8 Å². The minimum absolute atomic E-state index is 0.0134. The molecular weight excluding hydrogens is 342 g/mol. The number of piperazine rings is 1. The van der Waals surface area contributed by atoms with Gasteiger partial charge in [0.25, 0.3) is 5.91 Å². The Morgan fingerprint density at radius 3 is 2.52 bits per heavy atom. The summed E-state index contributed by atoms with van der Waals surface area (Å²) in [6, 6.07) is 8.86. The third-order valence-electron chi connectivity index (χ3n) is 4.27. The Bertz CT molecular complexity index is 753.